The largest absolute Gasteiger partial charge is 0.314 e. The van der Waals surface area contributed by atoms with Gasteiger partial charge >= 0.3 is 0 Å². The quantitative estimate of drug-likeness (QED) is 0.703. The fraction of sp³-hybridized carbons (Fsp3) is 1.00. The number of fused-ring (bicyclic) bond motifs is 1. The molecule has 13 heavy (non-hydrogen) atoms. The van der Waals surface area contributed by atoms with Gasteiger partial charge in [0.1, 0.15) is 0 Å². The second-order valence-electron chi connectivity index (χ2n) is 4.99. The van der Waals surface area contributed by atoms with Gasteiger partial charge in [0.2, 0.25) is 0 Å². The summed E-state index contributed by atoms with van der Waals surface area (Å²) in [5.41, 5.74) is 0. The van der Waals surface area contributed by atoms with Crippen LogP contribution in [0.25, 0.3) is 0 Å². The molecule has 2 fully saturated rings. The monoisotopic (exact) mass is 181 g/mol. The lowest BCUT2D eigenvalue weighted by molar-refractivity contribution is 0.480. The molecular formula is C12H23N. The van der Waals surface area contributed by atoms with Crippen molar-refractivity contribution in [1.29, 1.82) is 0 Å². The average Bonchev–Trinajstić information content (AvgIpc) is 2.88. The maximum atomic E-state index is 3.65. The summed E-state index contributed by atoms with van der Waals surface area (Å²) in [5.74, 6) is 3.28. The zero-order valence-electron chi connectivity index (χ0n) is 9.05. The second-order valence-corrected chi connectivity index (χ2v) is 4.99. The predicted octanol–water partition coefficient (Wildman–Crippen LogP) is 2.81. The van der Waals surface area contributed by atoms with Crippen LogP contribution in [0.5, 0.6) is 0 Å². The molecule has 0 radical (unpaired) electrons. The van der Waals surface area contributed by atoms with Crippen LogP contribution in [0.1, 0.15) is 46.0 Å². The van der Waals surface area contributed by atoms with Crippen molar-refractivity contribution in [2.75, 3.05) is 6.54 Å². The highest BCUT2D eigenvalue weighted by Gasteiger charge is 2.49. The lowest BCUT2D eigenvalue weighted by Gasteiger charge is -2.10. The Morgan fingerprint density at radius 3 is 2.38 bits per heavy atom. The number of nitrogens with one attached hydrogen (secondary N) is 1. The molecular weight excluding hydrogens is 158 g/mol. The normalized spacial score (nSPS) is 39.7. The first-order valence-corrected chi connectivity index (χ1v) is 6.06. The highest BCUT2D eigenvalue weighted by molar-refractivity contribution is 5.00. The molecule has 2 rings (SSSR count). The highest BCUT2D eigenvalue weighted by atomic mass is 14.9. The van der Waals surface area contributed by atoms with E-state index in [0.29, 0.717) is 0 Å². The average molecular weight is 181 g/mol. The van der Waals surface area contributed by atoms with Gasteiger partial charge in [0.25, 0.3) is 0 Å². The Labute approximate surface area is 82.3 Å². The molecule has 0 heterocycles. The van der Waals surface area contributed by atoms with Gasteiger partial charge in [-0.1, -0.05) is 19.8 Å². The van der Waals surface area contributed by atoms with Crippen molar-refractivity contribution in [2.24, 2.45) is 17.8 Å². The van der Waals surface area contributed by atoms with Gasteiger partial charge in [-0.3, -0.25) is 0 Å². The molecule has 76 valence electrons. The van der Waals surface area contributed by atoms with Gasteiger partial charge in [-0.05, 0) is 50.5 Å². The SMILES string of the molecule is CCC(C)NCC1C2CCCCC21. The zero-order valence-corrected chi connectivity index (χ0v) is 9.05. The molecule has 1 heteroatoms. The first-order chi connectivity index (χ1) is 6.33. The molecule has 3 atom stereocenters. The van der Waals surface area contributed by atoms with Crippen molar-refractivity contribution in [3.63, 3.8) is 0 Å². The van der Waals surface area contributed by atoms with Crippen molar-refractivity contribution in [3.05, 3.63) is 0 Å². The van der Waals surface area contributed by atoms with E-state index in [9.17, 15) is 0 Å². The molecule has 2 aliphatic carbocycles. The number of hydrogen-bond donors (Lipinski definition) is 1. The van der Waals surface area contributed by atoms with Gasteiger partial charge in [0.05, 0.1) is 0 Å². The Morgan fingerprint density at radius 1 is 1.23 bits per heavy atom. The van der Waals surface area contributed by atoms with E-state index < -0.39 is 0 Å². The molecule has 0 amide bonds. The van der Waals surface area contributed by atoms with E-state index in [1.54, 1.807) is 0 Å². The van der Waals surface area contributed by atoms with E-state index >= 15 is 0 Å². The maximum Gasteiger partial charge on any atom is 0.00362 e. The molecule has 0 bridgehead atoms. The van der Waals surface area contributed by atoms with E-state index in [-0.39, 0.29) is 0 Å². The fourth-order valence-electron chi connectivity index (χ4n) is 2.93. The van der Waals surface area contributed by atoms with Crippen LogP contribution in [0, 0.1) is 17.8 Å². The van der Waals surface area contributed by atoms with Gasteiger partial charge in [0.15, 0.2) is 0 Å². The van der Waals surface area contributed by atoms with Crippen LogP contribution in [0.3, 0.4) is 0 Å². The predicted molar refractivity (Wildman–Crippen MR) is 56.7 cm³/mol. The van der Waals surface area contributed by atoms with E-state index in [4.69, 9.17) is 0 Å². The van der Waals surface area contributed by atoms with Crippen molar-refractivity contribution in [1.82, 2.24) is 5.32 Å². The van der Waals surface area contributed by atoms with Crippen LogP contribution in [0.15, 0.2) is 0 Å². The van der Waals surface area contributed by atoms with Crippen LogP contribution < -0.4 is 5.32 Å². The molecule has 0 aromatic carbocycles. The number of hydrogen-bond acceptors (Lipinski definition) is 1. The third-order valence-electron chi connectivity index (χ3n) is 4.15. The van der Waals surface area contributed by atoms with E-state index in [0.717, 1.165) is 23.8 Å². The standard InChI is InChI=1S/C12H23N/c1-3-9(2)13-8-12-10-6-4-5-7-11(10)12/h9-13H,3-8H2,1-2H3. The minimum Gasteiger partial charge on any atom is -0.314 e. The molecule has 1 nitrogen and oxygen atoms in total. The minimum absolute atomic E-state index is 0.725. The van der Waals surface area contributed by atoms with E-state index in [1.165, 1.54) is 38.6 Å². The molecule has 0 spiro atoms. The molecule has 0 aliphatic heterocycles. The van der Waals surface area contributed by atoms with Crippen LogP contribution in [-0.4, -0.2) is 12.6 Å². The van der Waals surface area contributed by atoms with Gasteiger partial charge in [-0.15, -0.1) is 0 Å². The summed E-state index contributed by atoms with van der Waals surface area (Å²) in [6, 6.07) is 0.725. The summed E-state index contributed by atoms with van der Waals surface area (Å²) >= 11 is 0. The molecule has 0 saturated heterocycles. The van der Waals surface area contributed by atoms with E-state index in [1.807, 2.05) is 0 Å². The Hall–Kier alpha value is -0.0400. The Bertz CT molecular complexity index is 155. The molecule has 0 aromatic rings. The summed E-state index contributed by atoms with van der Waals surface area (Å²) in [6.45, 7) is 5.86. The zero-order chi connectivity index (χ0) is 9.26. The van der Waals surface area contributed by atoms with Crippen molar-refractivity contribution in [2.45, 2.75) is 52.0 Å². The summed E-state index contributed by atoms with van der Waals surface area (Å²) in [6.07, 6.45) is 7.32. The third-order valence-corrected chi connectivity index (χ3v) is 4.15. The van der Waals surface area contributed by atoms with Crippen LogP contribution in [-0.2, 0) is 0 Å². The van der Waals surface area contributed by atoms with Gasteiger partial charge in [0, 0.05) is 6.04 Å². The first kappa shape index (κ1) is 9.51. The lowest BCUT2D eigenvalue weighted by Crippen LogP contribution is -2.27. The maximum absolute atomic E-state index is 3.65. The third kappa shape index (κ3) is 2.07. The van der Waals surface area contributed by atoms with Gasteiger partial charge < -0.3 is 5.32 Å². The summed E-state index contributed by atoms with van der Waals surface area (Å²) in [5, 5.41) is 3.65. The summed E-state index contributed by atoms with van der Waals surface area (Å²) in [7, 11) is 0. The van der Waals surface area contributed by atoms with Crippen LogP contribution in [0.4, 0.5) is 0 Å². The Balaban J connectivity index is 1.67. The van der Waals surface area contributed by atoms with Crippen LogP contribution >= 0.6 is 0 Å². The van der Waals surface area contributed by atoms with Gasteiger partial charge in [-0.2, -0.15) is 0 Å². The first-order valence-electron chi connectivity index (χ1n) is 6.06. The minimum atomic E-state index is 0.725. The smallest absolute Gasteiger partial charge is 0.00362 e. The number of rotatable bonds is 4. The molecule has 1 N–H and O–H groups in total. The van der Waals surface area contributed by atoms with Crippen LogP contribution in [0.2, 0.25) is 0 Å². The Kier molecular flexibility index (Phi) is 2.92. The molecule has 0 aromatic heterocycles. The molecule has 2 saturated carbocycles. The van der Waals surface area contributed by atoms with Gasteiger partial charge in [-0.25, -0.2) is 0 Å². The summed E-state index contributed by atoms with van der Waals surface area (Å²) < 4.78 is 0. The fourth-order valence-corrected chi connectivity index (χ4v) is 2.93. The molecule has 3 unspecified atom stereocenters. The second kappa shape index (κ2) is 4.00. The topological polar surface area (TPSA) is 12.0 Å². The lowest BCUT2D eigenvalue weighted by atomic mass is 10.0. The van der Waals surface area contributed by atoms with Crippen molar-refractivity contribution < 1.29 is 0 Å². The van der Waals surface area contributed by atoms with E-state index in [2.05, 4.69) is 19.2 Å². The summed E-state index contributed by atoms with van der Waals surface area (Å²) in [4.78, 5) is 0. The highest BCUT2D eigenvalue weighted by Crippen LogP contribution is 2.54. The van der Waals surface area contributed by atoms with Crippen molar-refractivity contribution in [3.8, 4) is 0 Å². The Morgan fingerprint density at radius 2 is 1.85 bits per heavy atom. The van der Waals surface area contributed by atoms with Crippen molar-refractivity contribution >= 4 is 0 Å². The molecule has 2 aliphatic rings.